The zero-order valence-electron chi connectivity index (χ0n) is 16.1. The first-order valence-corrected chi connectivity index (χ1v) is 15.6. The summed E-state index contributed by atoms with van der Waals surface area (Å²) in [6, 6.07) is 38.3. The number of aryl methyl sites for hydroxylation is 2. The van der Waals surface area contributed by atoms with E-state index in [0.29, 0.717) is 0 Å². The van der Waals surface area contributed by atoms with Crippen molar-refractivity contribution in [2.24, 2.45) is 0 Å². The SMILES string of the molecule is Cc1cc[cH-]c1.Cc1cc[cH-]c1.[Cl-].[Cl-].[Hf+2]=[Si](c1ccccc1)c1ccccc1. The van der Waals surface area contributed by atoms with Gasteiger partial charge in [-0.25, -0.2) is 23.3 Å². The van der Waals surface area contributed by atoms with Crippen LogP contribution in [0.1, 0.15) is 11.1 Å². The van der Waals surface area contributed by atoms with E-state index >= 15 is 0 Å². The summed E-state index contributed by atoms with van der Waals surface area (Å²) >= 11 is 1.27. The molecule has 0 unspecified atom stereocenters. The molecule has 0 atom stereocenters. The monoisotopic (exact) mass is 590 g/mol. The second-order valence-corrected chi connectivity index (χ2v) is 13.3. The molecule has 0 N–H and O–H groups in total. The number of hydrogen-bond acceptors (Lipinski definition) is 0. The minimum absolute atomic E-state index is 0. The van der Waals surface area contributed by atoms with Gasteiger partial charge < -0.3 is 24.8 Å². The van der Waals surface area contributed by atoms with Crippen LogP contribution in [0, 0.1) is 13.8 Å². The molecule has 0 saturated carbocycles. The molecule has 0 aromatic heterocycles. The standard InChI is InChI=1S/C12H10Si.2C6H7.2ClH.Hf/c1-3-7-11(8-4-1)13-12-9-5-2-6-10-12;2*1-6-4-2-3-5-6;;;/h1-10H;2*2-5H,1H3;2*1H;/q;2*-1;;;+2/p-2. The quantitative estimate of drug-likeness (QED) is 0.203. The number of benzene rings is 2. The Morgan fingerprint density at radius 3 is 1.18 bits per heavy atom. The van der Waals surface area contributed by atoms with Crippen molar-refractivity contribution in [2.75, 3.05) is 0 Å². The van der Waals surface area contributed by atoms with Gasteiger partial charge >= 0.3 is 99.5 Å². The molecule has 0 aliphatic carbocycles. The van der Waals surface area contributed by atoms with Gasteiger partial charge in [-0.1, -0.05) is 13.8 Å². The van der Waals surface area contributed by atoms with Crippen LogP contribution >= 0.6 is 0 Å². The fourth-order valence-corrected chi connectivity index (χ4v) is 7.29. The molecule has 0 spiro atoms. The van der Waals surface area contributed by atoms with Gasteiger partial charge in [0.25, 0.3) is 0 Å². The molecule has 0 heterocycles. The van der Waals surface area contributed by atoms with Crippen LogP contribution in [0.3, 0.4) is 0 Å². The second-order valence-electron chi connectivity index (χ2n) is 6.03. The molecule has 0 radical (unpaired) electrons. The summed E-state index contributed by atoms with van der Waals surface area (Å²) in [5.74, 6) is 0. The molecule has 4 heteroatoms. The van der Waals surface area contributed by atoms with E-state index < -0.39 is 5.49 Å². The van der Waals surface area contributed by atoms with Crippen LogP contribution in [0.15, 0.2) is 109 Å². The molecular formula is C24H24Cl2HfSi-2. The summed E-state index contributed by atoms with van der Waals surface area (Å²) in [6.45, 7) is 4.17. The van der Waals surface area contributed by atoms with E-state index in [1.165, 1.54) is 44.5 Å². The van der Waals surface area contributed by atoms with Crippen molar-refractivity contribution < 1.29 is 47.8 Å². The first kappa shape index (κ1) is 26.8. The third-order valence-electron chi connectivity index (χ3n) is 3.78. The second kappa shape index (κ2) is 15.7. The van der Waals surface area contributed by atoms with Gasteiger partial charge in [0.1, 0.15) is 0 Å². The van der Waals surface area contributed by atoms with Crippen molar-refractivity contribution >= 4 is 15.9 Å². The van der Waals surface area contributed by atoms with Crippen molar-refractivity contribution in [3.63, 3.8) is 0 Å². The normalized spacial score (nSPS) is 8.71. The first-order chi connectivity index (χ1) is 12.7. The summed E-state index contributed by atoms with van der Waals surface area (Å²) < 4.78 is 0. The predicted octanol–water partition coefficient (Wildman–Crippen LogP) is -1.23. The van der Waals surface area contributed by atoms with E-state index in [1.807, 2.05) is 24.3 Å². The molecule has 28 heavy (non-hydrogen) atoms. The maximum absolute atomic E-state index is 2.26. The zero-order chi connectivity index (χ0) is 18.6. The molecule has 0 saturated heterocycles. The van der Waals surface area contributed by atoms with E-state index in [9.17, 15) is 0 Å². The molecular weight excluding hydrogens is 566 g/mol. The molecule has 4 aromatic carbocycles. The number of rotatable bonds is 2. The summed E-state index contributed by atoms with van der Waals surface area (Å²) in [5, 5.41) is 3.07. The topological polar surface area (TPSA) is 0 Å². The van der Waals surface area contributed by atoms with Gasteiger partial charge in [-0.15, -0.1) is 0 Å². The van der Waals surface area contributed by atoms with Crippen LogP contribution < -0.4 is 35.2 Å². The third-order valence-corrected chi connectivity index (χ3v) is 11.8. The van der Waals surface area contributed by atoms with E-state index in [4.69, 9.17) is 0 Å². The van der Waals surface area contributed by atoms with E-state index in [-0.39, 0.29) is 24.8 Å². The minimum atomic E-state index is -0.406. The molecule has 0 aliphatic heterocycles. The molecule has 4 rings (SSSR count). The van der Waals surface area contributed by atoms with Crippen LogP contribution in [0.4, 0.5) is 0 Å². The molecule has 0 fully saturated rings. The van der Waals surface area contributed by atoms with Crippen molar-refractivity contribution in [3.8, 4) is 0 Å². The summed E-state index contributed by atoms with van der Waals surface area (Å²) in [4.78, 5) is 0. The van der Waals surface area contributed by atoms with Gasteiger partial charge in [-0.3, -0.25) is 0 Å². The fraction of sp³-hybridized carbons (Fsp3) is 0.0833. The Morgan fingerprint density at radius 2 is 0.964 bits per heavy atom. The molecule has 0 aliphatic rings. The predicted molar refractivity (Wildman–Crippen MR) is 111 cm³/mol. The third kappa shape index (κ3) is 10.4. The van der Waals surface area contributed by atoms with E-state index in [2.05, 4.69) is 98.8 Å². The Labute approximate surface area is 196 Å². The van der Waals surface area contributed by atoms with Gasteiger partial charge in [0, 0.05) is 0 Å². The fourth-order valence-electron chi connectivity index (χ4n) is 2.32. The van der Waals surface area contributed by atoms with Gasteiger partial charge in [-0.05, 0) is 0 Å². The zero-order valence-corrected chi connectivity index (χ0v) is 22.3. The Kier molecular flexibility index (Phi) is 15.0. The molecule has 4 aromatic rings. The van der Waals surface area contributed by atoms with E-state index in [1.54, 1.807) is 0 Å². The average Bonchev–Trinajstić information content (AvgIpc) is 3.37. The number of hydrogen-bond donors (Lipinski definition) is 0. The van der Waals surface area contributed by atoms with Crippen LogP contribution in [0.2, 0.25) is 0 Å². The Bertz CT molecular complexity index is 782. The van der Waals surface area contributed by atoms with E-state index in [0.717, 1.165) is 0 Å². The number of halogens is 2. The van der Waals surface area contributed by atoms with Crippen LogP contribution in [-0.2, 0) is 23.0 Å². The van der Waals surface area contributed by atoms with Gasteiger partial charge in [0.2, 0.25) is 0 Å². The van der Waals surface area contributed by atoms with Crippen molar-refractivity contribution in [3.05, 3.63) is 120 Å². The Hall–Kier alpha value is -1.19. The summed E-state index contributed by atoms with van der Waals surface area (Å²) in [5.41, 5.74) is 2.28. The van der Waals surface area contributed by atoms with Gasteiger partial charge in [0.15, 0.2) is 0 Å². The average molecular weight is 590 g/mol. The summed E-state index contributed by atoms with van der Waals surface area (Å²) in [7, 11) is 0. The molecule has 144 valence electrons. The van der Waals surface area contributed by atoms with Crippen LogP contribution in [-0.4, -0.2) is 5.49 Å². The molecule has 0 amide bonds. The van der Waals surface area contributed by atoms with Crippen LogP contribution in [0.5, 0.6) is 0 Å². The van der Waals surface area contributed by atoms with Gasteiger partial charge in [-0.2, -0.15) is 36.4 Å². The van der Waals surface area contributed by atoms with Crippen LogP contribution in [0.25, 0.3) is 0 Å². The van der Waals surface area contributed by atoms with Crippen molar-refractivity contribution in [1.82, 2.24) is 0 Å². The van der Waals surface area contributed by atoms with Crippen molar-refractivity contribution in [1.29, 1.82) is 0 Å². The molecule has 0 nitrogen and oxygen atoms in total. The Balaban J connectivity index is 0.000000437. The first-order valence-electron chi connectivity index (χ1n) is 8.73. The van der Waals surface area contributed by atoms with Gasteiger partial charge in [0.05, 0.1) is 0 Å². The van der Waals surface area contributed by atoms with Crippen molar-refractivity contribution in [2.45, 2.75) is 13.8 Å². The maximum atomic E-state index is 2.26. The molecule has 0 bridgehead atoms. The summed E-state index contributed by atoms with van der Waals surface area (Å²) in [6.07, 6.45) is 0. The Morgan fingerprint density at radius 1 is 0.607 bits per heavy atom.